The van der Waals surface area contributed by atoms with Crippen LogP contribution in [0.4, 0.5) is 11.4 Å². The van der Waals surface area contributed by atoms with E-state index < -0.39 is 0 Å². The molecule has 2 heterocycles. The van der Waals surface area contributed by atoms with Crippen LogP contribution in [-0.4, -0.2) is 22.4 Å². The Balaban J connectivity index is 2.14. The molecule has 2 aromatic rings. The number of pyridine rings is 2. The van der Waals surface area contributed by atoms with Gasteiger partial charge in [0.25, 0.3) is 5.91 Å². The number of aromatic nitrogens is 2. The highest BCUT2D eigenvalue weighted by molar-refractivity contribution is 6.07. The molecule has 0 aliphatic carbocycles. The highest BCUT2D eigenvalue weighted by atomic mass is 16.1. The van der Waals surface area contributed by atoms with E-state index in [9.17, 15) is 4.79 Å². The molecule has 0 aliphatic rings. The summed E-state index contributed by atoms with van der Waals surface area (Å²) >= 11 is 0. The van der Waals surface area contributed by atoms with E-state index in [0.29, 0.717) is 11.3 Å². The van der Waals surface area contributed by atoms with Gasteiger partial charge >= 0.3 is 0 Å². The maximum absolute atomic E-state index is 12.3. The molecule has 5 heteroatoms. The molecule has 104 valence electrons. The number of nitrogens with zero attached hydrogens (tertiary/aromatic N) is 2. The lowest BCUT2D eigenvalue weighted by atomic mass is 10.2. The lowest BCUT2D eigenvalue weighted by Crippen LogP contribution is -2.15. The zero-order valence-electron chi connectivity index (χ0n) is 11.7. The van der Waals surface area contributed by atoms with Crippen molar-refractivity contribution in [2.24, 2.45) is 0 Å². The van der Waals surface area contributed by atoms with E-state index in [1.165, 1.54) is 0 Å². The van der Waals surface area contributed by atoms with E-state index in [1.807, 2.05) is 19.1 Å². The van der Waals surface area contributed by atoms with Crippen molar-refractivity contribution >= 4 is 17.3 Å². The lowest BCUT2D eigenvalue weighted by Gasteiger charge is -2.11. The van der Waals surface area contributed by atoms with Gasteiger partial charge in [0, 0.05) is 18.4 Å². The summed E-state index contributed by atoms with van der Waals surface area (Å²) in [5.74, 6) is -0.170. The second-order valence-electron chi connectivity index (χ2n) is 4.49. The highest BCUT2D eigenvalue weighted by Gasteiger charge is 2.11. The number of amides is 1. The van der Waals surface area contributed by atoms with Crippen molar-refractivity contribution in [3.63, 3.8) is 0 Å². The Bertz CT molecular complexity index is 581. The average molecular weight is 270 g/mol. The van der Waals surface area contributed by atoms with Gasteiger partial charge in [0.05, 0.1) is 29.3 Å². The minimum atomic E-state index is -0.170. The predicted octanol–water partition coefficient (Wildman–Crippen LogP) is 2.86. The van der Waals surface area contributed by atoms with Crippen LogP contribution >= 0.6 is 0 Å². The van der Waals surface area contributed by atoms with Gasteiger partial charge in [-0.1, -0.05) is 6.92 Å². The Labute approximate surface area is 118 Å². The molecule has 0 fully saturated rings. The normalized spacial score (nSPS) is 10.1. The third-order valence-electron chi connectivity index (χ3n) is 2.80. The zero-order chi connectivity index (χ0) is 14.4. The van der Waals surface area contributed by atoms with Crippen LogP contribution in [0.2, 0.25) is 0 Å². The molecule has 0 saturated carbocycles. The fourth-order valence-electron chi connectivity index (χ4n) is 1.73. The van der Waals surface area contributed by atoms with E-state index in [1.54, 1.807) is 24.7 Å². The monoisotopic (exact) mass is 270 g/mol. The molecular formula is C15H18N4O. The molecule has 0 aromatic carbocycles. The summed E-state index contributed by atoms with van der Waals surface area (Å²) in [7, 11) is 0. The summed E-state index contributed by atoms with van der Waals surface area (Å²) in [6, 6.07) is 5.40. The summed E-state index contributed by atoms with van der Waals surface area (Å²) in [4.78, 5) is 20.5. The first kappa shape index (κ1) is 14.0. The van der Waals surface area contributed by atoms with Gasteiger partial charge in [-0.2, -0.15) is 0 Å². The SMILES string of the molecule is CCCNc1cnccc1C(=O)Nc1ccc(C)nc1. The molecule has 5 nitrogen and oxygen atoms in total. The van der Waals surface area contributed by atoms with Gasteiger partial charge in [-0.05, 0) is 31.5 Å². The Morgan fingerprint density at radius 2 is 2.10 bits per heavy atom. The van der Waals surface area contributed by atoms with Gasteiger partial charge in [0.2, 0.25) is 0 Å². The van der Waals surface area contributed by atoms with Crippen LogP contribution < -0.4 is 10.6 Å². The summed E-state index contributed by atoms with van der Waals surface area (Å²) in [6.07, 6.45) is 5.91. The quantitative estimate of drug-likeness (QED) is 0.876. The van der Waals surface area contributed by atoms with E-state index in [4.69, 9.17) is 0 Å². The lowest BCUT2D eigenvalue weighted by molar-refractivity contribution is 0.102. The van der Waals surface area contributed by atoms with Crippen LogP contribution in [0.5, 0.6) is 0 Å². The molecule has 2 aromatic heterocycles. The van der Waals surface area contributed by atoms with Crippen molar-refractivity contribution in [2.45, 2.75) is 20.3 Å². The third kappa shape index (κ3) is 3.54. The van der Waals surface area contributed by atoms with Crippen LogP contribution in [0, 0.1) is 6.92 Å². The zero-order valence-corrected chi connectivity index (χ0v) is 11.7. The van der Waals surface area contributed by atoms with Crippen LogP contribution in [0.1, 0.15) is 29.4 Å². The van der Waals surface area contributed by atoms with Crippen molar-refractivity contribution in [2.75, 3.05) is 17.2 Å². The maximum Gasteiger partial charge on any atom is 0.257 e. The fraction of sp³-hybridized carbons (Fsp3) is 0.267. The molecule has 1 amide bonds. The number of carbonyl (C=O) groups excluding carboxylic acids is 1. The molecular weight excluding hydrogens is 252 g/mol. The Kier molecular flexibility index (Phi) is 4.65. The Morgan fingerprint density at radius 1 is 1.25 bits per heavy atom. The predicted molar refractivity (Wildman–Crippen MR) is 79.9 cm³/mol. The molecule has 0 unspecified atom stereocenters. The molecule has 0 radical (unpaired) electrons. The Morgan fingerprint density at radius 3 is 2.80 bits per heavy atom. The fourth-order valence-corrected chi connectivity index (χ4v) is 1.73. The first-order valence-corrected chi connectivity index (χ1v) is 6.62. The van der Waals surface area contributed by atoms with E-state index in [-0.39, 0.29) is 5.91 Å². The first-order valence-electron chi connectivity index (χ1n) is 6.62. The second kappa shape index (κ2) is 6.65. The van der Waals surface area contributed by atoms with E-state index >= 15 is 0 Å². The van der Waals surface area contributed by atoms with Gasteiger partial charge < -0.3 is 10.6 Å². The molecule has 0 spiro atoms. The minimum absolute atomic E-state index is 0.170. The van der Waals surface area contributed by atoms with E-state index in [2.05, 4.69) is 27.5 Å². The van der Waals surface area contributed by atoms with Gasteiger partial charge in [-0.3, -0.25) is 14.8 Å². The molecule has 20 heavy (non-hydrogen) atoms. The standard InChI is InChI=1S/C15H18N4O/c1-3-7-17-14-10-16-8-6-13(14)15(20)19-12-5-4-11(2)18-9-12/h4-6,8-10,17H,3,7H2,1-2H3,(H,19,20). The number of anilines is 2. The van der Waals surface area contributed by atoms with E-state index in [0.717, 1.165) is 24.3 Å². The minimum Gasteiger partial charge on any atom is -0.383 e. The first-order chi connectivity index (χ1) is 9.70. The Hall–Kier alpha value is -2.43. The van der Waals surface area contributed by atoms with Crippen LogP contribution in [0.15, 0.2) is 36.8 Å². The summed E-state index contributed by atoms with van der Waals surface area (Å²) in [5.41, 5.74) is 2.91. The smallest absolute Gasteiger partial charge is 0.257 e. The molecule has 0 bridgehead atoms. The average Bonchev–Trinajstić information content (AvgIpc) is 2.47. The molecule has 0 saturated heterocycles. The molecule has 2 rings (SSSR count). The summed E-state index contributed by atoms with van der Waals surface area (Å²) < 4.78 is 0. The maximum atomic E-state index is 12.3. The van der Waals surface area contributed by atoms with Gasteiger partial charge in [-0.25, -0.2) is 0 Å². The largest absolute Gasteiger partial charge is 0.383 e. The summed E-state index contributed by atoms with van der Waals surface area (Å²) in [5, 5.41) is 6.03. The van der Waals surface area contributed by atoms with Crippen LogP contribution in [-0.2, 0) is 0 Å². The number of hydrogen-bond donors (Lipinski definition) is 2. The number of carbonyl (C=O) groups is 1. The number of aryl methyl sites for hydroxylation is 1. The number of rotatable bonds is 5. The molecule has 0 aliphatic heterocycles. The number of nitrogens with one attached hydrogen (secondary N) is 2. The molecule has 0 atom stereocenters. The third-order valence-corrected chi connectivity index (χ3v) is 2.80. The molecule has 2 N–H and O–H groups in total. The second-order valence-corrected chi connectivity index (χ2v) is 4.49. The highest BCUT2D eigenvalue weighted by Crippen LogP contribution is 2.16. The number of hydrogen-bond acceptors (Lipinski definition) is 4. The van der Waals surface area contributed by atoms with Crippen molar-refractivity contribution in [1.82, 2.24) is 9.97 Å². The van der Waals surface area contributed by atoms with Crippen molar-refractivity contribution in [3.05, 3.63) is 48.0 Å². The summed E-state index contributed by atoms with van der Waals surface area (Å²) in [6.45, 7) is 4.78. The van der Waals surface area contributed by atoms with Gasteiger partial charge in [0.1, 0.15) is 0 Å². The van der Waals surface area contributed by atoms with Crippen molar-refractivity contribution in [1.29, 1.82) is 0 Å². The topological polar surface area (TPSA) is 66.9 Å². The van der Waals surface area contributed by atoms with Gasteiger partial charge in [-0.15, -0.1) is 0 Å². The van der Waals surface area contributed by atoms with Crippen LogP contribution in [0.25, 0.3) is 0 Å². The van der Waals surface area contributed by atoms with Gasteiger partial charge in [0.15, 0.2) is 0 Å². The van der Waals surface area contributed by atoms with Crippen molar-refractivity contribution < 1.29 is 4.79 Å². The van der Waals surface area contributed by atoms with Crippen LogP contribution in [0.3, 0.4) is 0 Å². The van der Waals surface area contributed by atoms with Crippen molar-refractivity contribution in [3.8, 4) is 0 Å².